The van der Waals surface area contributed by atoms with Crippen LogP contribution in [0, 0.1) is 0 Å². The van der Waals surface area contributed by atoms with Crippen LogP contribution >= 0.6 is 0 Å². The van der Waals surface area contributed by atoms with Crippen molar-refractivity contribution in [2.24, 2.45) is 0 Å². The fourth-order valence-corrected chi connectivity index (χ4v) is 8.76. The number of rotatable bonds is 7. The molecule has 2 heterocycles. The van der Waals surface area contributed by atoms with E-state index >= 15 is 0 Å². The molecule has 0 aliphatic heterocycles. The van der Waals surface area contributed by atoms with Crippen LogP contribution in [0.4, 0.5) is 17.1 Å². The second kappa shape index (κ2) is 13.6. The van der Waals surface area contributed by atoms with E-state index in [2.05, 4.69) is 222 Å². The van der Waals surface area contributed by atoms with Crippen molar-refractivity contribution < 1.29 is 4.42 Å². The molecular formula is C54H36N2O. The van der Waals surface area contributed by atoms with Crippen LogP contribution in [0.1, 0.15) is 0 Å². The van der Waals surface area contributed by atoms with Crippen LogP contribution in [-0.4, -0.2) is 4.57 Å². The SMILES string of the molecule is c1ccc(-c2ccccc2-c2ccccc2N(c2cccc(-n3c4ccccc4c4ccccc43)c2)c2ccccc2-c2cccc3oc4ccccc4c23)cc1. The molecule has 0 radical (unpaired) electrons. The second-order valence-corrected chi connectivity index (χ2v) is 14.4. The average molecular weight is 729 g/mol. The summed E-state index contributed by atoms with van der Waals surface area (Å²) in [6, 6.07) is 78.2. The lowest BCUT2D eigenvalue weighted by molar-refractivity contribution is 0.669. The van der Waals surface area contributed by atoms with Crippen molar-refractivity contribution >= 4 is 60.8 Å². The number of aromatic nitrogens is 1. The third kappa shape index (κ3) is 5.43. The van der Waals surface area contributed by atoms with Gasteiger partial charge in [-0.15, -0.1) is 0 Å². The Morgan fingerprint density at radius 2 is 0.860 bits per heavy atom. The molecule has 11 rings (SSSR count). The minimum Gasteiger partial charge on any atom is -0.456 e. The first-order valence-electron chi connectivity index (χ1n) is 19.4. The molecule has 0 saturated heterocycles. The maximum Gasteiger partial charge on any atom is 0.136 e. The van der Waals surface area contributed by atoms with Crippen LogP contribution in [0.5, 0.6) is 0 Å². The van der Waals surface area contributed by atoms with Crippen LogP contribution in [0.3, 0.4) is 0 Å². The van der Waals surface area contributed by atoms with Crippen molar-refractivity contribution in [3.05, 3.63) is 218 Å². The summed E-state index contributed by atoms with van der Waals surface area (Å²) >= 11 is 0. The van der Waals surface area contributed by atoms with Gasteiger partial charge in [0.2, 0.25) is 0 Å². The topological polar surface area (TPSA) is 21.3 Å². The van der Waals surface area contributed by atoms with Crippen LogP contribution < -0.4 is 4.90 Å². The van der Waals surface area contributed by atoms with Gasteiger partial charge in [-0.2, -0.15) is 0 Å². The largest absolute Gasteiger partial charge is 0.456 e. The third-order valence-corrected chi connectivity index (χ3v) is 11.2. The van der Waals surface area contributed by atoms with Gasteiger partial charge in [0.25, 0.3) is 0 Å². The Hall–Kier alpha value is -7.62. The Morgan fingerprint density at radius 3 is 1.58 bits per heavy atom. The van der Waals surface area contributed by atoms with Gasteiger partial charge in [-0.25, -0.2) is 0 Å². The molecular weight excluding hydrogens is 693 g/mol. The highest BCUT2D eigenvalue weighted by Crippen LogP contribution is 2.48. The molecule has 3 nitrogen and oxygen atoms in total. The molecule has 3 heteroatoms. The molecule has 2 aromatic heterocycles. The van der Waals surface area contributed by atoms with Crippen molar-refractivity contribution in [3.8, 4) is 39.1 Å². The Bertz CT molecular complexity index is 3210. The molecule has 9 aromatic carbocycles. The quantitative estimate of drug-likeness (QED) is 0.163. The molecule has 0 fully saturated rings. The molecule has 0 unspecified atom stereocenters. The number of hydrogen-bond donors (Lipinski definition) is 0. The highest BCUT2D eigenvalue weighted by atomic mass is 16.3. The number of anilines is 3. The van der Waals surface area contributed by atoms with E-state index in [-0.39, 0.29) is 0 Å². The van der Waals surface area contributed by atoms with Gasteiger partial charge in [0.05, 0.1) is 22.4 Å². The molecule has 0 bridgehead atoms. The predicted octanol–water partition coefficient (Wildman–Crippen LogP) is 15.2. The zero-order valence-corrected chi connectivity index (χ0v) is 31.1. The molecule has 0 amide bonds. The maximum atomic E-state index is 6.43. The zero-order chi connectivity index (χ0) is 37.7. The van der Waals surface area contributed by atoms with Gasteiger partial charge in [0.1, 0.15) is 11.2 Å². The summed E-state index contributed by atoms with van der Waals surface area (Å²) in [6.45, 7) is 0. The third-order valence-electron chi connectivity index (χ3n) is 11.2. The molecule has 0 aliphatic rings. The van der Waals surface area contributed by atoms with Gasteiger partial charge < -0.3 is 13.9 Å². The number of hydrogen-bond acceptors (Lipinski definition) is 2. The lowest BCUT2D eigenvalue weighted by Gasteiger charge is -2.31. The van der Waals surface area contributed by atoms with Crippen LogP contribution in [0.15, 0.2) is 223 Å². The summed E-state index contributed by atoms with van der Waals surface area (Å²) in [5.41, 5.74) is 15.3. The molecule has 11 aromatic rings. The van der Waals surface area contributed by atoms with Gasteiger partial charge in [-0.3, -0.25) is 0 Å². The summed E-state index contributed by atoms with van der Waals surface area (Å²) in [5.74, 6) is 0. The fraction of sp³-hybridized carbons (Fsp3) is 0. The van der Waals surface area contributed by atoms with E-state index in [1.807, 2.05) is 6.07 Å². The molecule has 0 spiro atoms. The molecule has 0 saturated carbocycles. The van der Waals surface area contributed by atoms with Gasteiger partial charge in [-0.05, 0) is 76.9 Å². The van der Waals surface area contributed by atoms with Gasteiger partial charge in [0.15, 0.2) is 0 Å². The van der Waals surface area contributed by atoms with Crippen molar-refractivity contribution in [1.82, 2.24) is 4.57 Å². The van der Waals surface area contributed by atoms with Crippen LogP contribution in [0.25, 0.3) is 82.8 Å². The summed E-state index contributed by atoms with van der Waals surface area (Å²) < 4.78 is 8.82. The normalized spacial score (nSPS) is 11.5. The Labute approximate surface area is 330 Å². The standard InChI is InChI=1S/C54H36N2O/c1-2-18-37(19-3-1)40-22-4-5-23-41(40)42-24-6-11-30-48(42)55(38-20-16-21-39(36-38)56-49-31-12-7-25-43(49)44-26-8-13-32-50(44)56)51-33-14-9-27-45(51)46-29-17-35-53-54(46)47-28-10-15-34-52(47)57-53/h1-36H. The molecule has 0 aliphatic carbocycles. The van der Waals surface area contributed by atoms with E-state index in [1.165, 1.54) is 38.5 Å². The van der Waals surface area contributed by atoms with E-state index < -0.39 is 0 Å². The van der Waals surface area contributed by atoms with E-state index in [9.17, 15) is 0 Å². The van der Waals surface area contributed by atoms with Crippen LogP contribution in [-0.2, 0) is 0 Å². The first-order valence-corrected chi connectivity index (χ1v) is 19.4. The smallest absolute Gasteiger partial charge is 0.136 e. The highest BCUT2D eigenvalue weighted by molar-refractivity contribution is 6.14. The van der Waals surface area contributed by atoms with E-state index in [1.54, 1.807) is 0 Å². The number of para-hydroxylation sites is 5. The first-order chi connectivity index (χ1) is 28.3. The summed E-state index contributed by atoms with van der Waals surface area (Å²) in [4.78, 5) is 2.45. The van der Waals surface area contributed by atoms with Crippen LogP contribution in [0.2, 0.25) is 0 Å². The Balaban J connectivity index is 1.20. The molecule has 0 atom stereocenters. The Kier molecular flexibility index (Phi) is 7.82. The summed E-state index contributed by atoms with van der Waals surface area (Å²) in [5, 5.41) is 4.70. The number of furan rings is 1. The maximum absolute atomic E-state index is 6.43. The minimum absolute atomic E-state index is 0.876. The van der Waals surface area contributed by atoms with Crippen molar-refractivity contribution in [3.63, 3.8) is 0 Å². The average Bonchev–Trinajstić information content (AvgIpc) is 3.84. The van der Waals surface area contributed by atoms with Crippen molar-refractivity contribution in [2.45, 2.75) is 0 Å². The van der Waals surface area contributed by atoms with E-state index in [0.29, 0.717) is 0 Å². The van der Waals surface area contributed by atoms with Gasteiger partial charge in [0, 0.05) is 44.0 Å². The highest BCUT2D eigenvalue weighted by Gasteiger charge is 2.24. The predicted molar refractivity (Wildman–Crippen MR) is 239 cm³/mol. The van der Waals surface area contributed by atoms with E-state index in [0.717, 1.165) is 61.4 Å². The molecule has 57 heavy (non-hydrogen) atoms. The number of fused-ring (bicyclic) bond motifs is 6. The molecule has 268 valence electrons. The van der Waals surface area contributed by atoms with Gasteiger partial charge in [-0.1, -0.05) is 164 Å². The van der Waals surface area contributed by atoms with Crippen molar-refractivity contribution in [1.29, 1.82) is 0 Å². The summed E-state index contributed by atoms with van der Waals surface area (Å²) in [6.07, 6.45) is 0. The lowest BCUT2D eigenvalue weighted by Crippen LogP contribution is -2.13. The van der Waals surface area contributed by atoms with Crippen molar-refractivity contribution in [2.75, 3.05) is 4.90 Å². The Morgan fingerprint density at radius 1 is 0.351 bits per heavy atom. The second-order valence-electron chi connectivity index (χ2n) is 14.4. The zero-order valence-electron chi connectivity index (χ0n) is 31.1. The summed E-state index contributed by atoms with van der Waals surface area (Å²) in [7, 11) is 0. The minimum atomic E-state index is 0.876. The number of benzene rings is 9. The molecule has 0 N–H and O–H groups in total. The van der Waals surface area contributed by atoms with E-state index in [4.69, 9.17) is 4.42 Å². The monoisotopic (exact) mass is 728 g/mol. The van der Waals surface area contributed by atoms with Gasteiger partial charge >= 0.3 is 0 Å². The lowest BCUT2D eigenvalue weighted by atomic mass is 9.92. The first kappa shape index (κ1) is 32.8. The number of nitrogens with zero attached hydrogens (tertiary/aromatic N) is 2. The fourth-order valence-electron chi connectivity index (χ4n) is 8.76.